The van der Waals surface area contributed by atoms with Gasteiger partial charge >= 0.3 is 0 Å². The fourth-order valence-electron chi connectivity index (χ4n) is 2.63. The minimum absolute atomic E-state index is 0.0207. The summed E-state index contributed by atoms with van der Waals surface area (Å²) in [6.45, 7) is 5.01. The predicted molar refractivity (Wildman–Crippen MR) is 88.8 cm³/mol. The van der Waals surface area contributed by atoms with Crippen molar-refractivity contribution < 1.29 is 9.59 Å². The number of aromatic nitrogens is 3. The van der Waals surface area contributed by atoms with Gasteiger partial charge in [-0.2, -0.15) is 0 Å². The first-order chi connectivity index (χ1) is 11.5. The van der Waals surface area contributed by atoms with Crippen molar-refractivity contribution in [1.29, 1.82) is 0 Å². The number of benzene rings is 1. The van der Waals surface area contributed by atoms with Gasteiger partial charge in [0.25, 0.3) is 11.8 Å². The van der Waals surface area contributed by atoms with Crippen molar-refractivity contribution >= 4 is 23.4 Å². The molecule has 1 aliphatic heterocycles. The highest BCUT2D eigenvalue weighted by Crippen LogP contribution is 2.20. The topological polar surface area (TPSA) is 80.1 Å². The number of hydrogen-bond acceptors (Lipinski definition) is 4. The average Bonchev–Trinajstić information content (AvgIpc) is 2.97. The summed E-state index contributed by atoms with van der Waals surface area (Å²) in [7, 11) is 0. The van der Waals surface area contributed by atoms with Gasteiger partial charge in [0.15, 0.2) is 5.82 Å². The van der Waals surface area contributed by atoms with E-state index < -0.39 is 0 Å². The summed E-state index contributed by atoms with van der Waals surface area (Å²) in [5.74, 6) is 0.469. The summed E-state index contributed by atoms with van der Waals surface area (Å²) < 4.78 is 1.76. The van der Waals surface area contributed by atoms with Crippen LogP contribution in [0.4, 0.5) is 0 Å². The van der Waals surface area contributed by atoms with Crippen LogP contribution in [0, 0.1) is 0 Å². The molecule has 0 saturated carbocycles. The van der Waals surface area contributed by atoms with Crippen molar-refractivity contribution in [1.82, 2.24) is 25.0 Å². The maximum absolute atomic E-state index is 12.6. The fraction of sp³-hybridized carbons (Fsp3) is 0.375. The van der Waals surface area contributed by atoms with Crippen LogP contribution in [-0.4, -0.2) is 44.1 Å². The van der Waals surface area contributed by atoms with E-state index in [-0.39, 0.29) is 23.7 Å². The summed E-state index contributed by atoms with van der Waals surface area (Å²) in [4.78, 5) is 26.4. The smallest absolute Gasteiger partial charge is 0.289 e. The number of rotatable bonds is 3. The Morgan fingerprint density at radius 3 is 2.67 bits per heavy atom. The predicted octanol–water partition coefficient (Wildman–Crippen LogP) is 1.73. The van der Waals surface area contributed by atoms with E-state index in [0.29, 0.717) is 36.0 Å². The van der Waals surface area contributed by atoms with Crippen LogP contribution in [0.15, 0.2) is 24.3 Å². The minimum Gasteiger partial charge on any atom is -0.347 e. The van der Waals surface area contributed by atoms with Crippen LogP contribution in [0.3, 0.4) is 0 Å². The van der Waals surface area contributed by atoms with Crippen LogP contribution < -0.4 is 5.32 Å². The van der Waals surface area contributed by atoms with Crippen molar-refractivity contribution in [2.24, 2.45) is 0 Å². The van der Waals surface area contributed by atoms with E-state index in [0.717, 1.165) is 0 Å². The molecular formula is C16H18ClN5O2. The van der Waals surface area contributed by atoms with Gasteiger partial charge in [0.2, 0.25) is 5.82 Å². The SMILES string of the molecule is CC(C)NC(=O)c1nnc2n1CCN(C(=O)c1ccccc1Cl)C2. The lowest BCUT2D eigenvalue weighted by molar-refractivity contribution is 0.0706. The third-order valence-electron chi connectivity index (χ3n) is 3.77. The quantitative estimate of drug-likeness (QED) is 0.916. The molecule has 0 spiro atoms. The molecule has 0 radical (unpaired) electrons. The van der Waals surface area contributed by atoms with Crippen molar-refractivity contribution in [3.63, 3.8) is 0 Å². The summed E-state index contributed by atoms with van der Waals surface area (Å²) >= 11 is 6.10. The van der Waals surface area contributed by atoms with Gasteiger partial charge in [-0.15, -0.1) is 10.2 Å². The number of nitrogens with one attached hydrogen (secondary N) is 1. The van der Waals surface area contributed by atoms with Gasteiger partial charge in [-0.05, 0) is 26.0 Å². The Labute approximate surface area is 144 Å². The number of nitrogens with zero attached hydrogens (tertiary/aromatic N) is 4. The lowest BCUT2D eigenvalue weighted by Crippen LogP contribution is -2.40. The standard InChI is InChI=1S/C16H18ClN5O2/c1-10(2)18-15(23)14-20-19-13-9-21(7-8-22(13)14)16(24)11-5-3-4-6-12(11)17/h3-6,10H,7-9H2,1-2H3,(H,18,23). The molecule has 3 rings (SSSR count). The number of carbonyl (C=O) groups is 2. The van der Waals surface area contributed by atoms with E-state index in [1.165, 1.54) is 0 Å². The fourth-order valence-corrected chi connectivity index (χ4v) is 2.85. The third-order valence-corrected chi connectivity index (χ3v) is 4.10. The molecule has 2 aromatic rings. The Morgan fingerprint density at radius 2 is 1.96 bits per heavy atom. The van der Waals surface area contributed by atoms with Crippen molar-refractivity contribution in [2.45, 2.75) is 33.0 Å². The zero-order valence-corrected chi connectivity index (χ0v) is 14.2. The number of fused-ring (bicyclic) bond motifs is 1. The molecule has 24 heavy (non-hydrogen) atoms. The van der Waals surface area contributed by atoms with Crippen molar-refractivity contribution in [3.8, 4) is 0 Å². The highest BCUT2D eigenvalue weighted by atomic mass is 35.5. The molecule has 1 aromatic heterocycles. The van der Waals surface area contributed by atoms with Gasteiger partial charge in [-0.3, -0.25) is 9.59 Å². The summed E-state index contributed by atoms with van der Waals surface area (Å²) in [6, 6.07) is 6.97. The first-order valence-corrected chi connectivity index (χ1v) is 8.12. The van der Waals surface area contributed by atoms with Crippen molar-refractivity contribution in [3.05, 3.63) is 46.5 Å². The van der Waals surface area contributed by atoms with E-state index in [1.54, 1.807) is 33.7 Å². The summed E-state index contributed by atoms with van der Waals surface area (Å²) in [6.07, 6.45) is 0. The van der Waals surface area contributed by atoms with Gasteiger partial charge in [0.1, 0.15) is 0 Å². The van der Waals surface area contributed by atoms with Crippen LogP contribution in [-0.2, 0) is 13.1 Å². The zero-order chi connectivity index (χ0) is 17.3. The summed E-state index contributed by atoms with van der Waals surface area (Å²) in [5.41, 5.74) is 0.463. The Hall–Kier alpha value is -2.41. The Balaban J connectivity index is 1.79. The largest absolute Gasteiger partial charge is 0.347 e. The van der Waals surface area contributed by atoms with E-state index >= 15 is 0 Å². The highest BCUT2D eigenvalue weighted by molar-refractivity contribution is 6.33. The average molecular weight is 348 g/mol. The molecule has 126 valence electrons. The van der Waals surface area contributed by atoms with Crippen LogP contribution in [0.25, 0.3) is 0 Å². The first-order valence-electron chi connectivity index (χ1n) is 7.74. The molecule has 0 fully saturated rings. The maximum atomic E-state index is 12.6. The highest BCUT2D eigenvalue weighted by Gasteiger charge is 2.28. The Morgan fingerprint density at radius 1 is 1.21 bits per heavy atom. The molecule has 0 aliphatic carbocycles. The van der Waals surface area contributed by atoms with E-state index in [9.17, 15) is 9.59 Å². The molecule has 1 N–H and O–H groups in total. The number of amides is 2. The van der Waals surface area contributed by atoms with Crippen LogP contribution >= 0.6 is 11.6 Å². The zero-order valence-electron chi connectivity index (χ0n) is 13.5. The van der Waals surface area contributed by atoms with Crippen LogP contribution in [0.1, 0.15) is 40.6 Å². The molecule has 1 aliphatic rings. The third kappa shape index (κ3) is 3.12. The lowest BCUT2D eigenvalue weighted by Gasteiger charge is -2.28. The Kier molecular flexibility index (Phi) is 4.53. The molecule has 2 heterocycles. The molecule has 0 unspecified atom stereocenters. The molecule has 1 aromatic carbocycles. The normalized spacial score (nSPS) is 13.8. The van der Waals surface area contributed by atoms with Gasteiger partial charge in [-0.1, -0.05) is 23.7 Å². The number of carbonyl (C=O) groups excluding carboxylic acids is 2. The van der Waals surface area contributed by atoms with Gasteiger partial charge in [0.05, 0.1) is 17.1 Å². The van der Waals surface area contributed by atoms with Gasteiger partial charge < -0.3 is 14.8 Å². The van der Waals surface area contributed by atoms with E-state index in [1.807, 2.05) is 13.8 Å². The second-order valence-corrected chi connectivity index (χ2v) is 6.33. The summed E-state index contributed by atoms with van der Waals surface area (Å²) in [5, 5.41) is 11.3. The second kappa shape index (κ2) is 6.60. The van der Waals surface area contributed by atoms with Crippen LogP contribution in [0.5, 0.6) is 0 Å². The van der Waals surface area contributed by atoms with E-state index in [2.05, 4.69) is 15.5 Å². The number of halogens is 1. The molecule has 0 bridgehead atoms. The lowest BCUT2D eigenvalue weighted by atomic mass is 10.2. The second-order valence-electron chi connectivity index (χ2n) is 5.93. The molecular weight excluding hydrogens is 330 g/mol. The maximum Gasteiger partial charge on any atom is 0.289 e. The van der Waals surface area contributed by atoms with E-state index in [4.69, 9.17) is 11.6 Å². The van der Waals surface area contributed by atoms with Crippen molar-refractivity contribution in [2.75, 3.05) is 6.54 Å². The minimum atomic E-state index is -0.255. The molecule has 2 amide bonds. The molecule has 0 atom stereocenters. The van der Waals surface area contributed by atoms with Crippen LogP contribution in [0.2, 0.25) is 5.02 Å². The van der Waals surface area contributed by atoms with Gasteiger partial charge in [0, 0.05) is 19.1 Å². The molecule has 7 nitrogen and oxygen atoms in total. The number of hydrogen-bond donors (Lipinski definition) is 1. The Bertz CT molecular complexity index is 787. The monoisotopic (exact) mass is 347 g/mol. The first kappa shape index (κ1) is 16.4. The molecule has 0 saturated heterocycles. The molecule has 8 heteroatoms. The van der Waals surface area contributed by atoms with Gasteiger partial charge in [-0.25, -0.2) is 0 Å².